The van der Waals surface area contributed by atoms with Crippen molar-refractivity contribution in [2.75, 3.05) is 39.5 Å². The van der Waals surface area contributed by atoms with Crippen molar-refractivity contribution in [2.24, 2.45) is 16.7 Å². The molecule has 0 heterocycles. The van der Waals surface area contributed by atoms with E-state index in [1.54, 1.807) is 0 Å². The zero-order chi connectivity index (χ0) is 39.5. The molecule has 0 aliphatic rings. The number of carbonyl (C=O) groups excluding carboxylic acids is 2. The van der Waals surface area contributed by atoms with Crippen LogP contribution in [-0.2, 0) is 19.1 Å². The van der Waals surface area contributed by atoms with Crippen LogP contribution in [0.5, 0.6) is 0 Å². The lowest BCUT2D eigenvalue weighted by molar-refractivity contribution is -0.156. The van der Waals surface area contributed by atoms with Gasteiger partial charge in [-0.3, -0.25) is 9.59 Å². The van der Waals surface area contributed by atoms with Gasteiger partial charge in [-0.25, -0.2) is 0 Å². The maximum absolute atomic E-state index is 13.2. The molecule has 6 heteroatoms. The van der Waals surface area contributed by atoms with E-state index in [2.05, 4.69) is 53.4 Å². The molecule has 0 amide bonds. The normalized spacial score (nSPS) is 12.3. The summed E-state index contributed by atoms with van der Waals surface area (Å²) in [7, 11) is 0. The molecular formula is C47H93NO5. The number of aliphatic hydroxyl groups is 1. The molecule has 0 unspecified atom stereocenters. The zero-order valence-electron chi connectivity index (χ0n) is 36.9. The summed E-state index contributed by atoms with van der Waals surface area (Å²) in [6, 6.07) is 0. The maximum atomic E-state index is 13.2. The molecule has 0 aromatic rings. The van der Waals surface area contributed by atoms with Gasteiger partial charge in [-0.1, -0.05) is 157 Å². The van der Waals surface area contributed by atoms with E-state index in [0.717, 1.165) is 90.3 Å². The first-order valence-corrected chi connectivity index (χ1v) is 23.2. The van der Waals surface area contributed by atoms with Crippen LogP contribution in [0, 0.1) is 16.7 Å². The van der Waals surface area contributed by atoms with Gasteiger partial charge >= 0.3 is 11.9 Å². The Hall–Kier alpha value is -1.14. The van der Waals surface area contributed by atoms with E-state index in [4.69, 9.17) is 9.47 Å². The third-order valence-corrected chi connectivity index (χ3v) is 11.5. The van der Waals surface area contributed by atoms with Crippen molar-refractivity contribution < 1.29 is 24.2 Å². The Morgan fingerprint density at radius 1 is 0.547 bits per heavy atom. The van der Waals surface area contributed by atoms with Gasteiger partial charge in [0.2, 0.25) is 0 Å². The Morgan fingerprint density at radius 3 is 1.62 bits per heavy atom. The van der Waals surface area contributed by atoms with E-state index in [1.165, 1.54) is 109 Å². The average Bonchev–Trinajstić information content (AvgIpc) is 3.12. The van der Waals surface area contributed by atoms with E-state index in [9.17, 15) is 14.7 Å². The van der Waals surface area contributed by atoms with Crippen molar-refractivity contribution in [3.05, 3.63) is 0 Å². The second-order valence-corrected chi connectivity index (χ2v) is 17.9. The Labute approximate surface area is 331 Å². The second-order valence-electron chi connectivity index (χ2n) is 17.9. The first-order chi connectivity index (χ1) is 25.5. The number of ether oxygens (including phenoxy) is 2. The molecular weight excluding hydrogens is 659 g/mol. The summed E-state index contributed by atoms with van der Waals surface area (Å²) < 4.78 is 11.5. The van der Waals surface area contributed by atoms with Crippen LogP contribution in [-0.4, -0.2) is 61.4 Å². The largest absolute Gasteiger partial charge is 0.466 e. The molecule has 0 rings (SSSR count). The molecule has 0 fully saturated rings. The molecule has 0 saturated carbocycles. The number of hydrogen-bond donors (Lipinski definition) is 1. The number of hydrogen-bond acceptors (Lipinski definition) is 6. The van der Waals surface area contributed by atoms with Gasteiger partial charge in [-0.05, 0) is 96.1 Å². The van der Waals surface area contributed by atoms with Crippen LogP contribution in [0.2, 0.25) is 0 Å². The number of carbonyl (C=O) groups is 2. The van der Waals surface area contributed by atoms with Crippen LogP contribution in [0.15, 0.2) is 0 Å². The number of unbranched alkanes of at least 4 members (excludes halogenated alkanes) is 17. The minimum absolute atomic E-state index is 0.0173. The quantitative estimate of drug-likeness (QED) is 0.0496. The average molecular weight is 752 g/mol. The van der Waals surface area contributed by atoms with Crippen molar-refractivity contribution in [2.45, 2.75) is 235 Å². The lowest BCUT2D eigenvalue weighted by Crippen LogP contribution is -2.30. The zero-order valence-corrected chi connectivity index (χ0v) is 36.9. The highest BCUT2D eigenvalue weighted by atomic mass is 16.5. The van der Waals surface area contributed by atoms with Crippen molar-refractivity contribution >= 4 is 11.9 Å². The van der Waals surface area contributed by atoms with Crippen LogP contribution in [0.1, 0.15) is 235 Å². The highest BCUT2D eigenvalue weighted by molar-refractivity contribution is 5.75. The maximum Gasteiger partial charge on any atom is 0.311 e. The summed E-state index contributed by atoms with van der Waals surface area (Å²) >= 11 is 0. The summed E-state index contributed by atoms with van der Waals surface area (Å²) in [6.45, 7) is 19.6. The first-order valence-electron chi connectivity index (χ1n) is 23.2. The van der Waals surface area contributed by atoms with E-state index >= 15 is 0 Å². The smallest absolute Gasteiger partial charge is 0.311 e. The topological polar surface area (TPSA) is 76.1 Å². The Balaban J connectivity index is 4.28. The summed E-state index contributed by atoms with van der Waals surface area (Å²) in [6.07, 6.45) is 33.9. The van der Waals surface area contributed by atoms with E-state index in [1.807, 2.05) is 0 Å². The predicted molar refractivity (Wildman–Crippen MR) is 227 cm³/mol. The van der Waals surface area contributed by atoms with Crippen LogP contribution in [0.3, 0.4) is 0 Å². The number of rotatable bonds is 40. The van der Waals surface area contributed by atoms with Crippen molar-refractivity contribution in [1.82, 2.24) is 4.90 Å². The third kappa shape index (κ3) is 32.8. The van der Waals surface area contributed by atoms with Gasteiger partial charge in [0.1, 0.15) is 0 Å². The first kappa shape index (κ1) is 51.9. The lowest BCUT2D eigenvalue weighted by atomic mass is 9.83. The molecule has 0 atom stereocenters. The fourth-order valence-corrected chi connectivity index (χ4v) is 7.55. The second kappa shape index (κ2) is 35.3. The van der Waals surface area contributed by atoms with Gasteiger partial charge in [0.15, 0.2) is 0 Å². The van der Waals surface area contributed by atoms with Crippen LogP contribution >= 0.6 is 0 Å². The minimum atomic E-state index is -0.433. The van der Waals surface area contributed by atoms with Gasteiger partial charge in [0.25, 0.3) is 0 Å². The molecule has 316 valence electrons. The fraction of sp³-hybridized carbons (Fsp3) is 0.957. The van der Waals surface area contributed by atoms with Crippen molar-refractivity contribution in [1.29, 1.82) is 0 Å². The molecule has 0 aliphatic carbocycles. The molecule has 0 aromatic heterocycles. The standard InChI is InChI=1S/C47H93NO5/c1-8-11-14-17-18-21-26-33-44(50)52-41-30-35-46(4,5)34-29-38-48(39-40-49)37-28-23-22-27-36-47(6,7)45(51)53-42-43(31-24-19-15-12-9-2)32-25-20-16-13-10-3/h43,49H,8-42H2,1-7H3. The summed E-state index contributed by atoms with van der Waals surface area (Å²) in [4.78, 5) is 27.7. The highest BCUT2D eigenvalue weighted by Gasteiger charge is 2.29. The molecule has 6 nitrogen and oxygen atoms in total. The van der Waals surface area contributed by atoms with Gasteiger partial charge < -0.3 is 19.5 Å². The van der Waals surface area contributed by atoms with Crippen molar-refractivity contribution in [3.63, 3.8) is 0 Å². The SMILES string of the molecule is CCCCCCCCCC(=O)OCCCC(C)(C)CCCN(CCO)CCCCCCC(C)(C)C(=O)OCC(CCCCCCC)CCCCCCC. The van der Waals surface area contributed by atoms with Gasteiger partial charge in [0, 0.05) is 13.0 Å². The van der Waals surface area contributed by atoms with Gasteiger partial charge in [-0.15, -0.1) is 0 Å². The molecule has 53 heavy (non-hydrogen) atoms. The molecule has 1 N–H and O–H groups in total. The molecule has 0 bridgehead atoms. The fourth-order valence-electron chi connectivity index (χ4n) is 7.55. The van der Waals surface area contributed by atoms with Crippen LogP contribution < -0.4 is 0 Å². The predicted octanol–water partition coefficient (Wildman–Crippen LogP) is 13.4. The Morgan fingerprint density at radius 2 is 1.04 bits per heavy atom. The molecule has 0 radical (unpaired) electrons. The molecule has 0 spiro atoms. The van der Waals surface area contributed by atoms with E-state index in [0.29, 0.717) is 25.6 Å². The Kier molecular flexibility index (Phi) is 34.5. The number of aliphatic hydroxyl groups excluding tert-OH is 1. The number of esters is 2. The highest BCUT2D eigenvalue weighted by Crippen LogP contribution is 2.29. The van der Waals surface area contributed by atoms with E-state index in [-0.39, 0.29) is 24.0 Å². The molecule has 0 aliphatic heterocycles. The van der Waals surface area contributed by atoms with Gasteiger partial charge in [0.05, 0.1) is 25.2 Å². The number of nitrogens with zero attached hydrogens (tertiary/aromatic N) is 1. The molecule has 0 saturated heterocycles. The summed E-state index contributed by atoms with van der Waals surface area (Å²) in [5, 5.41) is 9.68. The van der Waals surface area contributed by atoms with Crippen LogP contribution in [0.4, 0.5) is 0 Å². The van der Waals surface area contributed by atoms with E-state index < -0.39 is 5.41 Å². The summed E-state index contributed by atoms with van der Waals surface area (Å²) in [5.41, 5.74) is -0.218. The monoisotopic (exact) mass is 752 g/mol. The van der Waals surface area contributed by atoms with Crippen LogP contribution in [0.25, 0.3) is 0 Å². The summed E-state index contributed by atoms with van der Waals surface area (Å²) in [5.74, 6) is 0.455. The van der Waals surface area contributed by atoms with Gasteiger partial charge in [-0.2, -0.15) is 0 Å². The third-order valence-electron chi connectivity index (χ3n) is 11.5. The minimum Gasteiger partial charge on any atom is -0.466 e. The van der Waals surface area contributed by atoms with Crippen molar-refractivity contribution in [3.8, 4) is 0 Å². The molecule has 0 aromatic carbocycles. The Bertz CT molecular complexity index is 814. The lowest BCUT2D eigenvalue weighted by Gasteiger charge is -2.27.